The lowest BCUT2D eigenvalue weighted by Gasteiger charge is -2.17. The van der Waals surface area contributed by atoms with E-state index in [9.17, 15) is 12.8 Å². The van der Waals surface area contributed by atoms with E-state index >= 15 is 0 Å². The van der Waals surface area contributed by atoms with Gasteiger partial charge in [0.25, 0.3) is 0 Å². The van der Waals surface area contributed by atoms with Gasteiger partial charge in [-0.2, -0.15) is 4.31 Å². The lowest BCUT2D eigenvalue weighted by atomic mass is 10.2. The van der Waals surface area contributed by atoms with Gasteiger partial charge in [0.1, 0.15) is 5.82 Å². The Kier molecular flexibility index (Phi) is 4.49. The van der Waals surface area contributed by atoms with Crippen LogP contribution in [0.1, 0.15) is 10.4 Å². The maximum atomic E-state index is 13.1. The second kappa shape index (κ2) is 5.81. The minimum Gasteiger partial charge on any atom is -0.207 e. The summed E-state index contributed by atoms with van der Waals surface area (Å²) in [6, 6.07) is 7.16. The Morgan fingerprint density at radius 2 is 2.00 bits per heavy atom. The molecule has 0 bridgehead atoms. The molecule has 7 heteroatoms. The van der Waals surface area contributed by atoms with Crippen LogP contribution in [0.25, 0.3) is 0 Å². The molecular weight excluding hydrogens is 321 g/mol. The predicted molar refractivity (Wildman–Crippen MR) is 79.1 cm³/mol. The number of hydrogen-bond acceptors (Lipinski definition) is 3. The number of sulfonamides is 1. The molecule has 0 unspecified atom stereocenters. The highest BCUT2D eigenvalue weighted by Crippen LogP contribution is 2.25. The average Bonchev–Trinajstić information content (AvgIpc) is 2.74. The zero-order chi connectivity index (χ0) is 14.9. The largest absolute Gasteiger partial charge is 0.243 e. The fourth-order valence-corrected chi connectivity index (χ4v) is 4.38. The van der Waals surface area contributed by atoms with Gasteiger partial charge in [-0.3, -0.25) is 0 Å². The van der Waals surface area contributed by atoms with Crippen LogP contribution in [0.2, 0.25) is 4.34 Å². The fourth-order valence-electron chi connectivity index (χ4n) is 1.81. The normalized spacial score (nSPS) is 12.1. The monoisotopic (exact) mass is 333 g/mol. The van der Waals surface area contributed by atoms with Crippen LogP contribution in [0.15, 0.2) is 35.2 Å². The molecule has 0 aliphatic carbocycles. The molecule has 20 heavy (non-hydrogen) atoms. The molecule has 3 nitrogen and oxygen atoms in total. The van der Waals surface area contributed by atoms with Crippen LogP contribution in [-0.4, -0.2) is 19.8 Å². The van der Waals surface area contributed by atoms with Crippen molar-refractivity contribution in [2.45, 2.75) is 18.4 Å². The van der Waals surface area contributed by atoms with Crippen molar-refractivity contribution in [2.75, 3.05) is 7.05 Å². The number of hydrogen-bond donors (Lipinski definition) is 0. The first-order valence-corrected chi connectivity index (χ1v) is 8.41. The number of benzene rings is 1. The Hall–Kier alpha value is -0.950. The van der Waals surface area contributed by atoms with Crippen LogP contribution < -0.4 is 0 Å². The summed E-state index contributed by atoms with van der Waals surface area (Å²) in [7, 11) is -2.15. The number of halogens is 2. The van der Waals surface area contributed by atoms with Crippen molar-refractivity contribution in [1.29, 1.82) is 0 Å². The quantitative estimate of drug-likeness (QED) is 0.856. The summed E-state index contributed by atoms with van der Waals surface area (Å²) in [6.07, 6.45) is 0. The zero-order valence-electron chi connectivity index (χ0n) is 10.9. The average molecular weight is 334 g/mol. The highest BCUT2D eigenvalue weighted by Gasteiger charge is 2.23. The van der Waals surface area contributed by atoms with Gasteiger partial charge in [0.15, 0.2) is 0 Å². The highest BCUT2D eigenvalue weighted by molar-refractivity contribution is 7.89. The Morgan fingerprint density at radius 3 is 2.55 bits per heavy atom. The van der Waals surface area contributed by atoms with E-state index in [0.29, 0.717) is 9.90 Å². The lowest BCUT2D eigenvalue weighted by molar-refractivity contribution is 0.469. The molecule has 0 atom stereocenters. The van der Waals surface area contributed by atoms with E-state index in [4.69, 9.17) is 11.6 Å². The maximum absolute atomic E-state index is 13.1. The van der Waals surface area contributed by atoms with Crippen molar-refractivity contribution < 1.29 is 12.8 Å². The molecule has 0 saturated carbocycles. The minimum absolute atomic E-state index is 0.115. The molecule has 0 amide bonds. The van der Waals surface area contributed by atoms with Gasteiger partial charge >= 0.3 is 0 Å². The molecule has 1 aromatic heterocycles. The van der Waals surface area contributed by atoms with E-state index in [1.807, 2.05) is 0 Å². The maximum Gasteiger partial charge on any atom is 0.243 e. The smallest absolute Gasteiger partial charge is 0.207 e. The van der Waals surface area contributed by atoms with E-state index in [-0.39, 0.29) is 11.4 Å². The van der Waals surface area contributed by atoms with E-state index in [2.05, 4.69) is 0 Å². The molecule has 0 N–H and O–H groups in total. The SMILES string of the molecule is Cc1cc(F)ccc1S(=O)(=O)N(C)Cc1ccc(Cl)s1. The second-order valence-corrected chi connectivity index (χ2v) is 8.19. The molecule has 0 aliphatic heterocycles. The summed E-state index contributed by atoms with van der Waals surface area (Å²) < 4.78 is 39.8. The van der Waals surface area contributed by atoms with Crippen LogP contribution in [0.3, 0.4) is 0 Å². The van der Waals surface area contributed by atoms with Crippen LogP contribution in [0.5, 0.6) is 0 Å². The molecule has 0 saturated heterocycles. The highest BCUT2D eigenvalue weighted by atomic mass is 35.5. The summed E-state index contributed by atoms with van der Waals surface area (Å²) >= 11 is 7.16. The third-order valence-corrected chi connectivity index (χ3v) is 6.01. The van der Waals surface area contributed by atoms with Crippen molar-refractivity contribution in [2.24, 2.45) is 0 Å². The first kappa shape index (κ1) is 15.4. The molecule has 1 aromatic carbocycles. The lowest BCUT2D eigenvalue weighted by Crippen LogP contribution is -2.26. The minimum atomic E-state index is -3.65. The zero-order valence-corrected chi connectivity index (χ0v) is 13.3. The van der Waals surface area contributed by atoms with Crippen LogP contribution >= 0.6 is 22.9 Å². The van der Waals surface area contributed by atoms with Gasteiger partial charge in [-0.25, -0.2) is 12.8 Å². The van der Waals surface area contributed by atoms with Crippen molar-refractivity contribution >= 4 is 33.0 Å². The Labute approximate surface area is 126 Å². The van der Waals surface area contributed by atoms with Gasteiger partial charge in [0.2, 0.25) is 10.0 Å². The van der Waals surface area contributed by atoms with Crippen molar-refractivity contribution in [3.05, 3.63) is 50.9 Å². The first-order chi connectivity index (χ1) is 9.30. The van der Waals surface area contributed by atoms with Gasteiger partial charge < -0.3 is 0 Å². The molecule has 2 aromatic rings. The van der Waals surface area contributed by atoms with Crippen molar-refractivity contribution in [3.8, 4) is 0 Å². The van der Waals surface area contributed by atoms with Gasteiger partial charge in [-0.15, -0.1) is 11.3 Å². The molecule has 2 rings (SSSR count). The summed E-state index contributed by atoms with van der Waals surface area (Å²) in [4.78, 5) is 0.963. The van der Waals surface area contributed by atoms with Crippen molar-refractivity contribution in [3.63, 3.8) is 0 Å². The Morgan fingerprint density at radius 1 is 1.30 bits per heavy atom. The molecule has 0 radical (unpaired) electrons. The van der Waals surface area contributed by atoms with E-state index in [1.54, 1.807) is 19.1 Å². The Bertz CT molecular complexity index is 728. The topological polar surface area (TPSA) is 37.4 Å². The fraction of sp³-hybridized carbons (Fsp3) is 0.231. The van der Waals surface area contributed by atoms with E-state index in [1.165, 1.54) is 34.8 Å². The number of rotatable bonds is 4. The van der Waals surface area contributed by atoms with E-state index in [0.717, 1.165) is 10.9 Å². The molecule has 1 heterocycles. The molecule has 0 spiro atoms. The third kappa shape index (κ3) is 3.20. The van der Waals surface area contributed by atoms with E-state index < -0.39 is 15.8 Å². The summed E-state index contributed by atoms with van der Waals surface area (Å²) in [6.45, 7) is 1.81. The van der Waals surface area contributed by atoms with Crippen LogP contribution in [0.4, 0.5) is 4.39 Å². The first-order valence-electron chi connectivity index (χ1n) is 5.77. The van der Waals surface area contributed by atoms with Gasteiger partial charge in [0, 0.05) is 18.5 Å². The summed E-state index contributed by atoms with van der Waals surface area (Å²) in [5.41, 5.74) is 0.390. The van der Waals surface area contributed by atoms with Gasteiger partial charge in [-0.05, 0) is 42.8 Å². The molecule has 0 aliphatic rings. The Balaban J connectivity index is 2.29. The molecule has 108 valence electrons. The van der Waals surface area contributed by atoms with Crippen LogP contribution in [-0.2, 0) is 16.6 Å². The van der Waals surface area contributed by atoms with Gasteiger partial charge in [0.05, 0.1) is 9.23 Å². The summed E-state index contributed by atoms with van der Waals surface area (Å²) in [5, 5.41) is 0. The molecular formula is C13H13ClFNO2S2. The number of thiophene rings is 1. The van der Waals surface area contributed by atoms with Crippen molar-refractivity contribution in [1.82, 2.24) is 4.31 Å². The number of nitrogens with zero attached hydrogens (tertiary/aromatic N) is 1. The standard InChI is InChI=1S/C13H13ClFNO2S2/c1-9-7-10(15)3-5-12(9)20(17,18)16(2)8-11-4-6-13(14)19-11/h3-7H,8H2,1-2H3. The molecule has 0 fully saturated rings. The van der Waals surface area contributed by atoms with Gasteiger partial charge in [-0.1, -0.05) is 11.6 Å². The second-order valence-electron chi connectivity index (χ2n) is 4.38. The predicted octanol–water partition coefficient (Wildman–Crippen LogP) is 3.67. The third-order valence-electron chi connectivity index (χ3n) is 2.83. The van der Waals surface area contributed by atoms with Crippen LogP contribution in [0, 0.1) is 12.7 Å². The number of aryl methyl sites for hydroxylation is 1. The summed E-state index contributed by atoms with van der Waals surface area (Å²) in [5.74, 6) is -0.450.